The van der Waals surface area contributed by atoms with Crippen LogP contribution in [-0.2, 0) is 31.7 Å². The molecule has 10 nitrogen and oxygen atoms in total. The lowest BCUT2D eigenvalue weighted by molar-refractivity contribution is -0.259. The van der Waals surface area contributed by atoms with Crippen LogP contribution in [0.2, 0.25) is 0 Å². The van der Waals surface area contributed by atoms with Crippen LogP contribution in [-0.4, -0.2) is 102 Å². The van der Waals surface area contributed by atoms with Crippen molar-refractivity contribution < 1.29 is 36.2 Å². The highest BCUT2D eigenvalue weighted by molar-refractivity contribution is 7.90. The Labute approximate surface area is 271 Å². The molecule has 1 N–H and O–H groups in total. The van der Waals surface area contributed by atoms with Crippen molar-refractivity contribution in [3.8, 4) is 0 Å². The number of nitrogens with zero attached hydrogens (tertiary/aromatic N) is 5. The number of hydrogen-bond donors (Lipinski definition) is 2. The van der Waals surface area contributed by atoms with Crippen molar-refractivity contribution in [2.75, 3.05) is 44.3 Å². The van der Waals surface area contributed by atoms with Crippen LogP contribution in [0.5, 0.6) is 0 Å². The molecule has 3 saturated heterocycles. The van der Waals surface area contributed by atoms with E-state index in [1.54, 1.807) is 18.2 Å². The third-order valence-electron chi connectivity index (χ3n) is 9.09. The van der Waals surface area contributed by atoms with Gasteiger partial charge in [0.05, 0.1) is 42.9 Å². The fourth-order valence-electron chi connectivity index (χ4n) is 6.38. The summed E-state index contributed by atoms with van der Waals surface area (Å²) in [5.74, 6) is 0.149. The molecule has 0 spiro atoms. The smallest absolute Gasteiger partial charge is 0.378 e. The average molecular weight is 680 g/mol. The summed E-state index contributed by atoms with van der Waals surface area (Å²) in [6.45, 7) is 2.87. The lowest BCUT2D eigenvalue weighted by atomic mass is 9.99. The molecule has 4 heterocycles. The summed E-state index contributed by atoms with van der Waals surface area (Å²) in [6, 6.07) is 15.9. The Hall–Kier alpha value is -2.79. The quantitative estimate of drug-likeness (QED) is 0.329. The normalized spacial score (nSPS) is 25.8. The van der Waals surface area contributed by atoms with Gasteiger partial charge in [-0.1, -0.05) is 42.5 Å². The highest BCUT2D eigenvalue weighted by Gasteiger charge is 2.52. The lowest BCUT2D eigenvalue weighted by Crippen LogP contribution is -2.61. The zero-order valence-electron chi connectivity index (χ0n) is 25.1. The monoisotopic (exact) mass is 679 g/mol. The van der Waals surface area contributed by atoms with Gasteiger partial charge in [0.1, 0.15) is 0 Å². The summed E-state index contributed by atoms with van der Waals surface area (Å²) in [7, 11) is -3.91. The number of hydrogen-bond acceptors (Lipinski definition) is 10. The summed E-state index contributed by atoms with van der Waals surface area (Å²) < 4.78 is 81.7. The molecule has 1 aromatic heterocycles. The second-order valence-electron chi connectivity index (χ2n) is 12.0. The Morgan fingerprint density at radius 2 is 1.74 bits per heavy atom. The van der Waals surface area contributed by atoms with Crippen LogP contribution in [0.1, 0.15) is 24.5 Å². The van der Waals surface area contributed by atoms with Crippen molar-refractivity contribution in [3.63, 3.8) is 0 Å². The van der Waals surface area contributed by atoms with E-state index in [1.807, 2.05) is 35.2 Å². The molecule has 2 bridgehead atoms. The number of ether oxygens (including phenoxy) is 2. The summed E-state index contributed by atoms with van der Waals surface area (Å²) in [4.78, 5) is 13.0. The molecule has 5 atom stereocenters. The van der Waals surface area contributed by atoms with E-state index in [0.717, 1.165) is 24.4 Å². The van der Waals surface area contributed by atoms with Crippen LogP contribution in [0.15, 0.2) is 76.8 Å². The van der Waals surface area contributed by atoms with Crippen molar-refractivity contribution in [1.29, 1.82) is 0 Å². The molecule has 0 amide bonds. The Balaban J connectivity index is 1.26. The number of halogens is 3. The van der Waals surface area contributed by atoms with E-state index in [2.05, 4.69) is 27.5 Å². The molecule has 3 aliphatic rings. The van der Waals surface area contributed by atoms with E-state index in [9.17, 15) is 26.7 Å². The maximum atomic E-state index is 13.8. The Morgan fingerprint density at radius 1 is 1.04 bits per heavy atom. The fourth-order valence-corrected chi connectivity index (χ4v) is 8.44. The van der Waals surface area contributed by atoms with Crippen LogP contribution in [0.25, 0.3) is 0 Å². The molecule has 4 unspecified atom stereocenters. The van der Waals surface area contributed by atoms with Gasteiger partial charge < -0.3 is 19.5 Å². The topological polar surface area (TPSA) is 108 Å². The first-order valence-corrected chi connectivity index (χ1v) is 16.9. The summed E-state index contributed by atoms with van der Waals surface area (Å²) in [5.41, 5.74) is -2.55. The number of morpholine rings is 1. The number of alkyl halides is 3. The maximum absolute atomic E-state index is 13.8. The molecular weight excluding hydrogens is 643 g/mol. The van der Waals surface area contributed by atoms with Crippen LogP contribution in [0.4, 0.5) is 19.1 Å². The standard InChI is InChI=1S/C31H36F3N5O5S2/c1-30(40,31(32,33)34)22-14-35-29(36-15-22)38-12-11-37(46(41,42)28-10-6-5-9-27(28)45)16-24(38)17-39-23-13-26(25(39)20-43-19-23)44-18-21-7-3-2-4-8-21/h2-10,14-15,23-26,40,45H,11-13,16-20H2,1H3/t23?,24-,25?,26?,30?/m1/s1. The van der Waals surface area contributed by atoms with Gasteiger partial charge in [-0.25, -0.2) is 18.4 Å². The molecule has 6 rings (SSSR count). The van der Waals surface area contributed by atoms with Crippen LogP contribution < -0.4 is 4.90 Å². The predicted molar refractivity (Wildman–Crippen MR) is 166 cm³/mol. The molecule has 0 radical (unpaired) electrons. The molecule has 3 fully saturated rings. The Kier molecular flexibility index (Phi) is 9.37. The Morgan fingerprint density at radius 3 is 2.43 bits per heavy atom. The number of benzene rings is 2. The Bertz CT molecular complexity index is 1610. The van der Waals surface area contributed by atoms with Gasteiger partial charge in [0.2, 0.25) is 16.0 Å². The first-order valence-electron chi connectivity index (χ1n) is 15.0. The van der Waals surface area contributed by atoms with Crippen LogP contribution in [0, 0.1) is 0 Å². The van der Waals surface area contributed by atoms with E-state index in [1.165, 1.54) is 10.4 Å². The summed E-state index contributed by atoms with van der Waals surface area (Å²) in [6.07, 6.45) is -2.33. The van der Waals surface area contributed by atoms with E-state index < -0.39 is 33.4 Å². The van der Waals surface area contributed by atoms with Gasteiger partial charge in [-0.05, 0) is 31.0 Å². The lowest BCUT2D eigenvalue weighted by Gasteiger charge is -2.45. The maximum Gasteiger partial charge on any atom is 0.421 e. The number of piperazine rings is 1. The van der Waals surface area contributed by atoms with Gasteiger partial charge in [-0.3, -0.25) is 4.90 Å². The first kappa shape index (κ1) is 33.1. The van der Waals surface area contributed by atoms with E-state index in [4.69, 9.17) is 9.47 Å². The zero-order chi connectivity index (χ0) is 32.7. The largest absolute Gasteiger partial charge is 0.421 e. The van der Waals surface area contributed by atoms with Crippen molar-refractivity contribution >= 4 is 28.6 Å². The third kappa shape index (κ3) is 6.50. The van der Waals surface area contributed by atoms with Gasteiger partial charge in [-0.15, -0.1) is 12.6 Å². The van der Waals surface area contributed by atoms with E-state index in [-0.39, 0.29) is 48.7 Å². The molecule has 3 aliphatic heterocycles. The minimum absolute atomic E-state index is 0.0386. The van der Waals surface area contributed by atoms with E-state index >= 15 is 0 Å². The third-order valence-corrected chi connectivity index (χ3v) is 11.6. The van der Waals surface area contributed by atoms with Crippen molar-refractivity contribution in [3.05, 3.63) is 78.1 Å². The van der Waals surface area contributed by atoms with Crippen molar-refractivity contribution in [2.24, 2.45) is 0 Å². The number of aromatic nitrogens is 2. The number of thiol groups is 1. The molecule has 15 heteroatoms. The van der Waals surface area contributed by atoms with Gasteiger partial charge in [-0.2, -0.15) is 17.5 Å². The highest BCUT2D eigenvalue weighted by atomic mass is 32.2. The van der Waals surface area contributed by atoms with Gasteiger partial charge in [0.25, 0.3) is 0 Å². The van der Waals surface area contributed by atoms with Crippen LogP contribution in [0.3, 0.4) is 0 Å². The summed E-state index contributed by atoms with van der Waals surface area (Å²) in [5, 5.41) is 10.1. The minimum atomic E-state index is -4.92. The fraction of sp³-hybridized carbons (Fsp3) is 0.484. The molecular formula is C31H36F3N5O5S2. The van der Waals surface area contributed by atoms with Gasteiger partial charge in [0, 0.05) is 55.1 Å². The number of aliphatic hydroxyl groups is 1. The number of fused-ring (bicyclic) bond motifs is 2. The molecule has 0 saturated carbocycles. The SMILES string of the molecule is CC(O)(c1cnc(N2CCN(S(=O)(=O)c3ccccc3S)C[C@@H]2CN2C3COCC2C(OCc2ccccc2)C3)nc1)C(F)(F)F. The molecule has 248 valence electrons. The molecule has 3 aromatic rings. The number of sulfonamides is 1. The second-order valence-corrected chi connectivity index (χ2v) is 14.4. The first-order chi connectivity index (χ1) is 21.9. The van der Waals surface area contributed by atoms with Gasteiger partial charge in [0.15, 0.2) is 5.60 Å². The summed E-state index contributed by atoms with van der Waals surface area (Å²) >= 11 is 4.38. The van der Waals surface area contributed by atoms with Crippen molar-refractivity contribution in [2.45, 2.75) is 65.7 Å². The predicted octanol–water partition coefficient (Wildman–Crippen LogP) is 3.47. The van der Waals surface area contributed by atoms with Crippen molar-refractivity contribution in [1.82, 2.24) is 19.2 Å². The molecule has 46 heavy (non-hydrogen) atoms. The molecule has 0 aliphatic carbocycles. The number of anilines is 1. The average Bonchev–Trinajstić information content (AvgIpc) is 3.20. The molecule has 2 aromatic carbocycles. The highest BCUT2D eigenvalue weighted by Crippen LogP contribution is 2.38. The van der Waals surface area contributed by atoms with E-state index in [0.29, 0.717) is 38.2 Å². The zero-order valence-corrected chi connectivity index (χ0v) is 26.8. The number of rotatable bonds is 9. The van der Waals surface area contributed by atoms with Gasteiger partial charge >= 0.3 is 6.18 Å². The second kappa shape index (κ2) is 13.0. The van der Waals surface area contributed by atoms with Crippen LogP contribution >= 0.6 is 12.6 Å². The minimum Gasteiger partial charge on any atom is -0.378 e.